The fourth-order valence-electron chi connectivity index (χ4n) is 4.65. The van der Waals surface area contributed by atoms with E-state index in [0.717, 1.165) is 28.0 Å². The number of amides is 4. The number of para-hydroxylation sites is 1. The highest BCUT2D eigenvalue weighted by Gasteiger charge is 2.38. The molecular weight excluding hydrogens is 542 g/mol. The van der Waals surface area contributed by atoms with Crippen LogP contribution in [0.4, 0.5) is 0 Å². The first-order valence-electron chi connectivity index (χ1n) is 12.5. The van der Waals surface area contributed by atoms with Gasteiger partial charge in [0.05, 0.1) is 5.69 Å². The van der Waals surface area contributed by atoms with Crippen LogP contribution < -0.4 is 16.4 Å². The minimum Gasteiger partial charge on any atom is -0.480 e. The molecule has 0 radical (unpaired) electrons. The Morgan fingerprint density at radius 3 is 2.73 bits per heavy atom. The van der Waals surface area contributed by atoms with E-state index in [4.69, 9.17) is 15.6 Å². The number of piperidine rings is 1. The number of nitrogens with zero attached hydrogens (tertiary/aromatic N) is 3. The van der Waals surface area contributed by atoms with Crippen molar-refractivity contribution < 1.29 is 33.8 Å². The molecule has 212 valence electrons. The summed E-state index contributed by atoms with van der Waals surface area (Å²) in [6.07, 6.45) is 2.24. The van der Waals surface area contributed by atoms with Crippen LogP contribution >= 0.6 is 11.5 Å². The van der Waals surface area contributed by atoms with Crippen LogP contribution in [-0.2, 0) is 30.3 Å². The van der Waals surface area contributed by atoms with Crippen molar-refractivity contribution in [3.63, 3.8) is 0 Å². The molecule has 15 heteroatoms. The van der Waals surface area contributed by atoms with E-state index in [-0.39, 0.29) is 19.4 Å². The monoisotopic (exact) mass is 571 g/mol. The maximum absolute atomic E-state index is 13.5. The predicted octanol–water partition coefficient (Wildman–Crippen LogP) is -0.269. The Hall–Kier alpha value is -4.37. The number of carboxylic acid groups (broad SMARTS) is 1. The van der Waals surface area contributed by atoms with Crippen molar-refractivity contribution in [1.29, 1.82) is 0 Å². The van der Waals surface area contributed by atoms with Gasteiger partial charge in [-0.25, -0.2) is 4.79 Å². The molecule has 0 aliphatic carbocycles. The summed E-state index contributed by atoms with van der Waals surface area (Å²) < 4.78 is 8.71. The first-order valence-corrected chi connectivity index (χ1v) is 13.2. The number of likely N-dealkylation sites (tertiary alicyclic amines) is 1. The smallest absolute Gasteiger partial charge is 0.329 e. The summed E-state index contributed by atoms with van der Waals surface area (Å²) in [7, 11) is 0. The van der Waals surface area contributed by atoms with E-state index in [1.807, 2.05) is 24.3 Å². The molecule has 2 aromatic heterocycles. The highest BCUT2D eigenvalue weighted by molar-refractivity contribution is 7.08. The van der Waals surface area contributed by atoms with Gasteiger partial charge in [0, 0.05) is 36.1 Å². The van der Waals surface area contributed by atoms with E-state index < -0.39 is 60.9 Å². The third kappa shape index (κ3) is 6.79. The number of primary amides is 1. The number of ether oxygens (including phenoxy) is 1. The van der Waals surface area contributed by atoms with E-state index in [2.05, 4.69) is 25.2 Å². The van der Waals surface area contributed by atoms with Crippen LogP contribution in [0.5, 0.6) is 0 Å². The van der Waals surface area contributed by atoms with Crippen molar-refractivity contribution >= 4 is 52.0 Å². The number of carbonyl (C=O) groups is 5. The topological polar surface area (TPSA) is 210 Å². The van der Waals surface area contributed by atoms with E-state index in [9.17, 15) is 24.0 Å². The lowest BCUT2D eigenvalue weighted by molar-refractivity contribution is -0.150. The van der Waals surface area contributed by atoms with Gasteiger partial charge in [0.1, 0.15) is 30.2 Å². The molecule has 4 rings (SSSR count). The molecule has 0 bridgehead atoms. The minimum absolute atomic E-state index is 0.0477. The van der Waals surface area contributed by atoms with Crippen LogP contribution in [0.3, 0.4) is 0 Å². The summed E-state index contributed by atoms with van der Waals surface area (Å²) in [6.45, 7) is 0.520. The Labute approximate surface area is 232 Å². The predicted molar refractivity (Wildman–Crippen MR) is 142 cm³/mol. The molecular formula is C25H29N7O7S. The SMILES string of the molecule is Cc1nnsc1C(=O)N[C@H]1CCN(C(=O)COCC(=O)O)[C@H](C(=O)N[C@H](Cc2c[nH]c3ccccc23)C(N)=O)C1. The Morgan fingerprint density at radius 2 is 2.02 bits per heavy atom. The minimum atomic E-state index is -1.24. The molecule has 1 fully saturated rings. The van der Waals surface area contributed by atoms with Crippen molar-refractivity contribution in [1.82, 2.24) is 30.1 Å². The van der Waals surface area contributed by atoms with Crippen LogP contribution in [0.15, 0.2) is 30.5 Å². The Balaban J connectivity index is 1.50. The molecule has 1 aliphatic heterocycles. The third-order valence-electron chi connectivity index (χ3n) is 6.63. The van der Waals surface area contributed by atoms with Crippen LogP contribution in [0, 0.1) is 6.92 Å². The lowest BCUT2D eigenvalue weighted by Crippen LogP contribution is -2.60. The van der Waals surface area contributed by atoms with Gasteiger partial charge in [-0.05, 0) is 42.9 Å². The maximum atomic E-state index is 13.5. The fourth-order valence-corrected chi connectivity index (χ4v) is 5.21. The summed E-state index contributed by atoms with van der Waals surface area (Å²) in [4.78, 5) is 67.0. The molecule has 3 heterocycles. The zero-order chi connectivity index (χ0) is 28.8. The average molecular weight is 572 g/mol. The average Bonchev–Trinajstić information content (AvgIpc) is 3.54. The largest absolute Gasteiger partial charge is 0.480 e. The zero-order valence-electron chi connectivity index (χ0n) is 21.6. The molecule has 14 nitrogen and oxygen atoms in total. The molecule has 40 heavy (non-hydrogen) atoms. The summed E-state index contributed by atoms with van der Waals surface area (Å²) in [5, 5.41) is 19.1. The van der Waals surface area contributed by atoms with Crippen molar-refractivity contribution in [2.45, 2.75) is 44.3 Å². The number of rotatable bonds is 11. The van der Waals surface area contributed by atoms with Gasteiger partial charge in [-0.15, -0.1) is 5.10 Å². The number of nitrogens with one attached hydrogen (secondary N) is 3. The maximum Gasteiger partial charge on any atom is 0.329 e. The molecule has 0 spiro atoms. The van der Waals surface area contributed by atoms with Crippen molar-refractivity contribution in [2.24, 2.45) is 5.73 Å². The van der Waals surface area contributed by atoms with Crippen LogP contribution in [0.1, 0.15) is 33.8 Å². The first kappa shape index (κ1) is 28.6. The number of nitrogens with two attached hydrogens (primary N) is 1. The summed E-state index contributed by atoms with van der Waals surface area (Å²) in [5.41, 5.74) is 7.75. The van der Waals surface area contributed by atoms with Crippen molar-refractivity contribution in [3.05, 3.63) is 46.6 Å². The van der Waals surface area contributed by atoms with Gasteiger partial charge in [0.15, 0.2) is 0 Å². The Kier molecular flexibility index (Phi) is 9.06. The zero-order valence-corrected chi connectivity index (χ0v) is 22.4. The van der Waals surface area contributed by atoms with Gasteiger partial charge in [0.25, 0.3) is 5.91 Å². The number of aliphatic carboxylic acids is 1. The van der Waals surface area contributed by atoms with Crippen LogP contribution in [0.25, 0.3) is 10.9 Å². The van der Waals surface area contributed by atoms with E-state index >= 15 is 0 Å². The van der Waals surface area contributed by atoms with Gasteiger partial charge in [-0.2, -0.15) is 0 Å². The van der Waals surface area contributed by atoms with E-state index in [1.54, 1.807) is 13.1 Å². The molecule has 4 amide bonds. The standard InChI is InChI=1S/C25H29N7O7S/c1-13-22(40-31-30-13)25(38)28-15-6-7-32(20(33)11-39-12-21(34)35)19(9-15)24(37)29-18(23(26)36)8-14-10-27-17-5-3-2-4-16(14)17/h2-5,10,15,18-19,27H,6-9,11-12H2,1H3,(H2,26,36)(H,28,38)(H,29,37)(H,34,35)/t15-,18+,19-/m0/s1. The number of carboxylic acids is 1. The van der Waals surface area contributed by atoms with Gasteiger partial charge >= 0.3 is 5.97 Å². The summed E-state index contributed by atoms with van der Waals surface area (Å²) in [6, 6.07) is 4.86. The van der Waals surface area contributed by atoms with Crippen LogP contribution in [0.2, 0.25) is 0 Å². The molecule has 0 saturated carbocycles. The van der Waals surface area contributed by atoms with Gasteiger partial charge in [-0.1, -0.05) is 22.7 Å². The number of fused-ring (bicyclic) bond motifs is 1. The van der Waals surface area contributed by atoms with Crippen molar-refractivity contribution in [3.8, 4) is 0 Å². The fraction of sp³-hybridized carbons (Fsp3) is 0.400. The second kappa shape index (κ2) is 12.7. The number of aryl methyl sites for hydroxylation is 1. The molecule has 0 unspecified atom stereocenters. The first-order chi connectivity index (χ1) is 19.1. The number of hydrogen-bond acceptors (Lipinski definition) is 9. The number of aromatic nitrogens is 3. The lowest BCUT2D eigenvalue weighted by atomic mass is 9.95. The number of hydrogen-bond donors (Lipinski definition) is 5. The number of aromatic amines is 1. The van der Waals surface area contributed by atoms with Gasteiger partial charge in [-0.3, -0.25) is 19.2 Å². The molecule has 6 N–H and O–H groups in total. The summed E-state index contributed by atoms with van der Waals surface area (Å²) >= 11 is 0.949. The number of carbonyl (C=O) groups excluding carboxylic acids is 4. The second-order valence-corrected chi connectivity index (χ2v) is 10.2. The molecule has 1 aliphatic rings. The van der Waals surface area contributed by atoms with Gasteiger partial charge in [0.2, 0.25) is 17.7 Å². The normalized spacial score (nSPS) is 17.8. The Bertz CT molecular complexity index is 1420. The second-order valence-electron chi connectivity index (χ2n) is 9.40. The summed E-state index contributed by atoms with van der Waals surface area (Å²) in [5.74, 6) is -3.62. The number of benzene rings is 1. The van der Waals surface area contributed by atoms with E-state index in [0.29, 0.717) is 17.0 Å². The van der Waals surface area contributed by atoms with E-state index in [1.165, 1.54) is 4.90 Å². The number of H-pyrrole nitrogens is 1. The quantitative estimate of drug-likeness (QED) is 0.205. The molecule has 1 saturated heterocycles. The molecule has 1 aromatic carbocycles. The Morgan fingerprint density at radius 1 is 1.25 bits per heavy atom. The van der Waals surface area contributed by atoms with Crippen molar-refractivity contribution in [2.75, 3.05) is 19.8 Å². The highest BCUT2D eigenvalue weighted by atomic mass is 32.1. The molecule has 3 aromatic rings. The third-order valence-corrected chi connectivity index (χ3v) is 7.46. The molecule has 3 atom stereocenters. The highest BCUT2D eigenvalue weighted by Crippen LogP contribution is 2.22. The van der Waals surface area contributed by atoms with Gasteiger partial charge < -0.3 is 36.1 Å². The lowest BCUT2D eigenvalue weighted by Gasteiger charge is -2.39. The van der Waals surface area contributed by atoms with Crippen LogP contribution in [-0.4, -0.2) is 92.1 Å².